The van der Waals surface area contributed by atoms with E-state index in [4.69, 9.17) is 0 Å². The summed E-state index contributed by atoms with van der Waals surface area (Å²) in [4.78, 5) is 17.0. The van der Waals surface area contributed by atoms with Crippen LogP contribution in [0.5, 0.6) is 0 Å². The van der Waals surface area contributed by atoms with Gasteiger partial charge in [-0.25, -0.2) is 4.39 Å². The van der Waals surface area contributed by atoms with Gasteiger partial charge >= 0.3 is 0 Å². The van der Waals surface area contributed by atoms with Gasteiger partial charge in [0.05, 0.1) is 5.69 Å². The molecule has 0 bridgehead atoms. The van der Waals surface area contributed by atoms with Crippen molar-refractivity contribution in [1.82, 2.24) is 10.3 Å². The van der Waals surface area contributed by atoms with Crippen LogP contribution in [0.15, 0.2) is 71.6 Å². The van der Waals surface area contributed by atoms with E-state index < -0.39 is 0 Å². The zero-order valence-corrected chi connectivity index (χ0v) is 17.8. The van der Waals surface area contributed by atoms with Gasteiger partial charge in [0.1, 0.15) is 5.82 Å². The van der Waals surface area contributed by atoms with Crippen LogP contribution in [0.25, 0.3) is 22.2 Å². The molecule has 0 unspecified atom stereocenters. The van der Waals surface area contributed by atoms with E-state index in [0.717, 1.165) is 38.4 Å². The summed E-state index contributed by atoms with van der Waals surface area (Å²) in [5.41, 5.74) is 5.92. The lowest BCUT2D eigenvalue weighted by molar-refractivity contribution is 0.0956. The number of halogens is 1. The number of benzene rings is 3. The molecule has 0 saturated heterocycles. The van der Waals surface area contributed by atoms with Crippen molar-refractivity contribution in [2.24, 2.45) is 0 Å². The SMILES string of the molecule is Cc1ccc(C(=O)NCCSc2c(-c3ccc(F)cc3)[nH]c3ccccc23)cc1C. The molecule has 5 heteroatoms. The van der Waals surface area contributed by atoms with E-state index in [9.17, 15) is 9.18 Å². The second-order valence-corrected chi connectivity index (χ2v) is 8.39. The number of rotatable bonds is 6. The maximum absolute atomic E-state index is 13.4. The third-order valence-corrected chi connectivity index (χ3v) is 6.32. The Morgan fingerprint density at radius 2 is 1.77 bits per heavy atom. The Morgan fingerprint density at radius 1 is 1.00 bits per heavy atom. The highest BCUT2D eigenvalue weighted by Gasteiger charge is 2.14. The van der Waals surface area contributed by atoms with Crippen LogP contribution in [0.3, 0.4) is 0 Å². The monoisotopic (exact) mass is 418 g/mol. The number of aromatic amines is 1. The van der Waals surface area contributed by atoms with Gasteiger partial charge < -0.3 is 10.3 Å². The third kappa shape index (κ3) is 4.26. The zero-order chi connectivity index (χ0) is 21.1. The molecule has 0 spiro atoms. The molecule has 0 aliphatic carbocycles. The first-order chi connectivity index (χ1) is 14.5. The molecule has 3 nitrogen and oxygen atoms in total. The molecule has 30 heavy (non-hydrogen) atoms. The molecule has 0 fully saturated rings. The molecular weight excluding hydrogens is 395 g/mol. The topological polar surface area (TPSA) is 44.9 Å². The lowest BCUT2D eigenvalue weighted by Crippen LogP contribution is -2.25. The Kier molecular flexibility index (Phi) is 5.91. The first kappa shape index (κ1) is 20.2. The summed E-state index contributed by atoms with van der Waals surface area (Å²) in [6, 6.07) is 20.4. The summed E-state index contributed by atoms with van der Waals surface area (Å²) in [5.74, 6) is 0.418. The zero-order valence-electron chi connectivity index (χ0n) is 17.0. The van der Waals surface area contributed by atoms with E-state index >= 15 is 0 Å². The number of aromatic nitrogens is 1. The van der Waals surface area contributed by atoms with Crippen molar-refractivity contribution in [1.29, 1.82) is 0 Å². The van der Waals surface area contributed by atoms with Crippen molar-refractivity contribution in [3.05, 3.63) is 89.2 Å². The average Bonchev–Trinajstić information content (AvgIpc) is 3.12. The van der Waals surface area contributed by atoms with E-state index in [2.05, 4.69) is 16.4 Å². The molecule has 0 saturated carbocycles. The standard InChI is InChI=1S/C25H23FN2OS/c1-16-7-8-19(15-17(16)2)25(29)27-13-14-30-24-21-5-3-4-6-22(21)28-23(24)18-9-11-20(26)12-10-18/h3-12,15,28H,13-14H2,1-2H3,(H,27,29). The summed E-state index contributed by atoms with van der Waals surface area (Å²) in [7, 11) is 0. The van der Waals surface area contributed by atoms with Crippen LogP contribution in [0, 0.1) is 19.7 Å². The number of hydrogen-bond donors (Lipinski definition) is 2. The Hall–Kier alpha value is -3.05. The van der Waals surface area contributed by atoms with Gasteiger partial charge in [0.25, 0.3) is 5.91 Å². The van der Waals surface area contributed by atoms with Gasteiger partial charge in [-0.2, -0.15) is 0 Å². The minimum Gasteiger partial charge on any atom is -0.354 e. The Bertz CT molecular complexity index is 1200. The van der Waals surface area contributed by atoms with E-state index in [1.54, 1.807) is 23.9 Å². The summed E-state index contributed by atoms with van der Waals surface area (Å²) < 4.78 is 13.4. The maximum Gasteiger partial charge on any atom is 0.251 e. The summed E-state index contributed by atoms with van der Waals surface area (Å²) in [6.07, 6.45) is 0. The van der Waals surface area contributed by atoms with Crippen LogP contribution < -0.4 is 5.32 Å². The van der Waals surface area contributed by atoms with Crippen molar-refractivity contribution in [2.75, 3.05) is 12.3 Å². The smallest absolute Gasteiger partial charge is 0.251 e. The number of thioether (sulfide) groups is 1. The minimum atomic E-state index is -0.252. The average molecular weight is 419 g/mol. The van der Waals surface area contributed by atoms with Gasteiger partial charge in [0, 0.05) is 33.7 Å². The number of para-hydroxylation sites is 1. The van der Waals surface area contributed by atoms with Gasteiger partial charge in [-0.3, -0.25) is 4.79 Å². The highest BCUT2D eigenvalue weighted by molar-refractivity contribution is 7.99. The van der Waals surface area contributed by atoms with Gasteiger partial charge in [0.15, 0.2) is 0 Å². The minimum absolute atomic E-state index is 0.0589. The molecule has 4 aromatic rings. The van der Waals surface area contributed by atoms with Crippen LogP contribution in [0.4, 0.5) is 4.39 Å². The molecule has 0 radical (unpaired) electrons. The fourth-order valence-corrected chi connectivity index (χ4v) is 4.44. The van der Waals surface area contributed by atoms with Crippen LogP contribution in [-0.4, -0.2) is 23.2 Å². The molecule has 4 rings (SSSR count). The van der Waals surface area contributed by atoms with Crippen LogP contribution in [0.1, 0.15) is 21.5 Å². The molecule has 1 amide bonds. The molecular formula is C25H23FN2OS. The van der Waals surface area contributed by atoms with Crippen molar-refractivity contribution in [3.63, 3.8) is 0 Å². The first-order valence-corrected chi connectivity index (χ1v) is 10.9. The molecule has 0 aliphatic rings. The number of carbonyl (C=O) groups is 1. The fraction of sp³-hybridized carbons (Fsp3) is 0.160. The number of hydrogen-bond acceptors (Lipinski definition) is 2. The van der Waals surface area contributed by atoms with Gasteiger partial charge in [-0.1, -0.05) is 24.3 Å². The van der Waals surface area contributed by atoms with Crippen molar-refractivity contribution >= 4 is 28.6 Å². The Balaban J connectivity index is 1.48. The summed E-state index contributed by atoms with van der Waals surface area (Å²) in [5, 5.41) is 4.13. The van der Waals surface area contributed by atoms with Gasteiger partial charge in [-0.05, 0) is 73.0 Å². The first-order valence-electron chi connectivity index (χ1n) is 9.88. The molecule has 152 valence electrons. The predicted octanol–water partition coefficient (Wildman–Crippen LogP) is 6.11. The molecule has 0 aliphatic heterocycles. The number of nitrogens with one attached hydrogen (secondary N) is 2. The van der Waals surface area contributed by atoms with Gasteiger partial charge in [0.2, 0.25) is 0 Å². The molecule has 2 N–H and O–H groups in total. The quantitative estimate of drug-likeness (QED) is 0.293. The van der Waals surface area contributed by atoms with E-state index in [1.165, 1.54) is 17.7 Å². The van der Waals surface area contributed by atoms with Crippen LogP contribution >= 0.6 is 11.8 Å². The fourth-order valence-electron chi connectivity index (χ4n) is 3.39. The number of fused-ring (bicyclic) bond motifs is 1. The highest BCUT2D eigenvalue weighted by Crippen LogP contribution is 2.37. The van der Waals surface area contributed by atoms with Crippen molar-refractivity contribution in [3.8, 4) is 11.3 Å². The van der Waals surface area contributed by atoms with Crippen LogP contribution in [0.2, 0.25) is 0 Å². The second kappa shape index (κ2) is 8.76. The molecule has 3 aromatic carbocycles. The van der Waals surface area contributed by atoms with Crippen LogP contribution in [-0.2, 0) is 0 Å². The lowest BCUT2D eigenvalue weighted by Gasteiger charge is -2.08. The second-order valence-electron chi connectivity index (χ2n) is 7.29. The van der Waals surface area contributed by atoms with Gasteiger partial charge in [-0.15, -0.1) is 11.8 Å². The largest absolute Gasteiger partial charge is 0.354 e. The number of amides is 1. The number of carbonyl (C=O) groups excluding carboxylic acids is 1. The van der Waals surface area contributed by atoms with E-state index in [0.29, 0.717) is 12.1 Å². The molecule has 1 heterocycles. The molecule has 1 aromatic heterocycles. The van der Waals surface area contributed by atoms with E-state index in [-0.39, 0.29) is 11.7 Å². The normalized spacial score (nSPS) is 11.0. The molecule has 0 atom stereocenters. The third-order valence-electron chi connectivity index (χ3n) is 5.19. The van der Waals surface area contributed by atoms with Crippen molar-refractivity contribution < 1.29 is 9.18 Å². The highest BCUT2D eigenvalue weighted by atomic mass is 32.2. The summed E-state index contributed by atoms with van der Waals surface area (Å²) in [6.45, 7) is 4.60. The summed E-state index contributed by atoms with van der Waals surface area (Å²) >= 11 is 1.69. The lowest BCUT2D eigenvalue weighted by atomic mass is 10.1. The Morgan fingerprint density at radius 3 is 2.53 bits per heavy atom. The number of H-pyrrole nitrogens is 1. The van der Waals surface area contributed by atoms with E-state index in [1.807, 2.05) is 50.2 Å². The Labute approximate surface area is 179 Å². The number of aryl methyl sites for hydroxylation is 2. The van der Waals surface area contributed by atoms with Crippen molar-refractivity contribution in [2.45, 2.75) is 18.7 Å². The predicted molar refractivity (Wildman–Crippen MR) is 123 cm³/mol. The maximum atomic E-state index is 13.4.